The van der Waals surface area contributed by atoms with Gasteiger partial charge in [-0.25, -0.2) is 8.42 Å². The fourth-order valence-electron chi connectivity index (χ4n) is 3.88. The molecular weight excluding hydrogens is 362 g/mol. The molecule has 0 bridgehead atoms. The summed E-state index contributed by atoms with van der Waals surface area (Å²) >= 11 is 0. The third-order valence-electron chi connectivity index (χ3n) is 5.54. The van der Waals surface area contributed by atoms with Crippen molar-refractivity contribution in [3.8, 4) is 0 Å². The minimum absolute atomic E-state index is 0.0469. The molecule has 0 saturated carbocycles. The molecule has 0 radical (unpaired) electrons. The molecule has 142 valence electrons. The molecular formula is C20H23N3O3S. The minimum atomic E-state index is -3.03. The van der Waals surface area contributed by atoms with Gasteiger partial charge in [-0.05, 0) is 30.0 Å². The largest absolute Gasteiger partial charge is 0.366 e. The van der Waals surface area contributed by atoms with Crippen LogP contribution in [-0.2, 0) is 22.8 Å². The molecule has 0 N–H and O–H groups in total. The van der Waals surface area contributed by atoms with Crippen molar-refractivity contribution in [1.82, 2.24) is 9.88 Å². The average Bonchev–Trinajstić information content (AvgIpc) is 3.06. The molecule has 1 amide bonds. The predicted octanol–water partition coefficient (Wildman–Crippen LogP) is 1.90. The summed E-state index contributed by atoms with van der Waals surface area (Å²) in [6.07, 6.45) is 4.81. The van der Waals surface area contributed by atoms with Crippen molar-refractivity contribution in [2.45, 2.75) is 25.4 Å². The van der Waals surface area contributed by atoms with E-state index in [1.807, 2.05) is 12.1 Å². The van der Waals surface area contributed by atoms with Crippen LogP contribution in [0.25, 0.3) is 0 Å². The summed E-state index contributed by atoms with van der Waals surface area (Å²) < 4.78 is 23.4. The molecule has 1 saturated heterocycles. The molecule has 2 aromatic rings. The van der Waals surface area contributed by atoms with E-state index < -0.39 is 9.84 Å². The number of nitrogens with zero attached hydrogens (tertiary/aromatic N) is 3. The van der Waals surface area contributed by atoms with Crippen molar-refractivity contribution >= 4 is 21.4 Å². The molecule has 0 aliphatic carbocycles. The first-order chi connectivity index (χ1) is 12.9. The van der Waals surface area contributed by atoms with E-state index in [2.05, 4.69) is 28.1 Å². The highest BCUT2D eigenvalue weighted by Gasteiger charge is 2.33. The maximum absolute atomic E-state index is 12.8. The molecule has 1 aromatic heterocycles. The zero-order valence-electron chi connectivity index (χ0n) is 15.3. The van der Waals surface area contributed by atoms with Gasteiger partial charge >= 0.3 is 0 Å². The van der Waals surface area contributed by atoms with Crippen LogP contribution in [0.2, 0.25) is 0 Å². The Morgan fingerprint density at radius 3 is 2.74 bits per heavy atom. The summed E-state index contributed by atoms with van der Waals surface area (Å²) in [4.78, 5) is 20.9. The van der Waals surface area contributed by atoms with Crippen molar-refractivity contribution in [1.29, 1.82) is 0 Å². The average molecular weight is 385 g/mol. The van der Waals surface area contributed by atoms with E-state index in [0.717, 1.165) is 25.2 Å². The second-order valence-electron chi connectivity index (χ2n) is 7.34. The molecule has 6 nitrogen and oxygen atoms in total. The number of aromatic nitrogens is 1. The fourth-order valence-corrected chi connectivity index (χ4v) is 5.66. The van der Waals surface area contributed by atoms with E-state index in [1.54, 1.807) is 24.3 Å². The number of benzene rings is 1. The highest BCUT2D eigenvalue weighted by Crippen LogP contribution is 2.25. The molecule has 2 aliphatic heterocycles. The van der Waals surface area contributed by atoms with E-state index in [1.165, 1.54) is 11.1 Å². The summed E-state index contributed by atoms with van der Waals surface area (Å²) in [5, 5.41) is 0. The standard InChI is InChI=1S/C20H23N3O3S/c1-22(18-7-9-27(25,26)14-18)20(24)17-10-19(12-21-11-17)23-8-6-15-4-2-3-5-16(15)13-23/h2-5,10-12,18H,6-9,13-14H2,1H3. The number of hydrogen-bond acceptors (Lipinski definition) is 5. The Morgan fingerprint density at radius 1 is 1.22 bits per heavy atom. The second kappa shape index (κ2) is 6.96. The van der Waals surface area contributed by atoms with Gasteiger partial charge in [-0.2, -0.15) is 0 Å². The van der Waals surface area contributed by atoms with Gasteiger partial charge < -0.3 is 9.80 Å². The van der Waals surface area contributed by atoms with E-state index in [0.29, 0.717) is 12.0 Å². The van der Waals surface area contributed by atoms with Crippen molar-refractivity contribution in [2.24, 2.45) is 0 Å². The Labute approximate surface area is 159 Å². The van der Waals surface area contributed by atoms with Crippen LogP contribution >= 0.6 is 0 Å². The zero-order chi connectivity index (χ0) is 19.0. The van der Waals surface area contributed by atoms with Gasteiger partial charge in [0.2, 0.25) is 0 Å². The molecule has 27 heavy (non-hydrogen) atoms. The fraction of sp³-hybridized carbons (Fsp3) is 0.400. The highest BCUT2D eigenvalue weighted by molar-refractivity contribution is 7.91. The molecule has 3 heterocycles. The lowest BCUT2D eigenvalue weighted by molar-refractivity contribution is 0.0747. The van der Waals surface area contributed by atoms with Gasteiger partial charge in [-0.1, -0.05) is 24.3 Å². The van der Waals surface area contributed by atoms with Gasteiger partial charge in [0.1, 0.15) is 0 Å². The Kier molecular flexibility index (Phi) is 4.63. The topological polar surface area (TPSA) is 70.6 Å². The van der Waals surface area contributed by atoms with Crippen LogP contribution in [0.1, 0.15) is 27.9 Å². The van der Waals surface area contributed by atoms with Crippen LogP contribution in [-0.4, -0.2) is 55.3 Å². The molecule has 4 rings (SSSR count). The lowest BCUT2D eigenvalue weighted by Crippen LogP contribution is -2.38. The van der Waals surface area contributed by atoms with Gasteiger partial charge in [0.05, 0.1) is 29.0 Å². The van der Waals surface area contributed by atoms with Crippen LogP contribution in [0, 0.1) is 0 Å². The first kappa shape index (κ1) is 18.0. The van der Waals surface area contributed by atoms with Crippen LogP contribution < -0.4 is 4.90 Å². The Hall–Kier alpha value is -2.41. The van der Waals surface area contributed by atoms with Crippen LogP contribution in [0.5, 0.6) is 0 Å². The Balaban J connectivity index is 1.52. The molecule has 1 fully saturated rings. The van der Waals surface area contributed by atoms with Crippen molar-refractivity contribution in [3.63, 3.8) is 0 Å². The normalized spacial score (nSPS) is 20.9. The SMILES string of the molecule is CN(C(=O)c1cncc(N2CCc3ccccc3C2)c1)C1CCS(=O)(=O)C1. The third kappa shape index (κ3) is 3.69. The van der Waals surface area contributed by atoms with Crippen LogP contribution in [0.15, 0.2) is 42.7 Å². The quantitative estimate of drug-likeness (QED) is 0.807. The molecule has 2 aliphatic rings. The molecule has 1 atom stereocenters. The molecule has 1 unspecified atom stereocenters. The maximum atomic E-state index is 12.8. The number of sulfone groups is 1. The number of amides is 1. The number of fused-ring (bicyclic) bond motifs is 1. The van der Waals surface area contributed by atoms with E-state index in [4.69, 9.17) is 0 Å². The van der Waals surface area contributed by atoms with Crippen LogP contribution in [0.4, 0.5) is 5.69 Å². The van der Waals surface area contributed by atoms with Crippen molar-refractivity contribution in [2.75, 3.05) is 30.0 Å². The van der Waals surface area contributed by atoms with E-state index in [9.17, 15) is 13.2 Å². The summed E-state index contributed by atoms with van der Waals surface area (Å²) in [7, 11) is -1.35. The number of hydrogen-bond donors (Lipinski definition) is 0. The van der Waals surface area contributed by atoms with Gasteiger partial charge in [0.25, 0.3) is 5.91 Å². The van der Waals surface area contributed by atoms with Crippen molar-refractivity contribution < 1.29 is 13.2 Å². The highest BCUT2D eigenvalue weighted by atomic mass is 32.2. The Morgan fingerprint density at radius 2 is 2.00 bits per heavy atom. The lowest BCUT2D eigenvalue weighted by Gasteiger charge is -2.31. The monoisotopic (exact) mass is 385 g/mol. The zero-order valence-corrected chi connectivity index (χ0v) is 16.2. The van der Waals surface area contributed by atoms with Gasteiger partial charge in [0, 0.05) is 32.4 Å². The molecule has 0 spiro atoms. The summed E-state index contributed by atoms with van der Waals surface area (Å²) in [5.74, 6) is 0.0234. The molecule has 1 aromatic carbocycles. The van der Waals surface area contributed by atoms with E-state index in [-0.39, 0.29) is 23.5 Å². The van der Waals surface area contributed by atoms with Gasteiger partial charge in [0.15, 0.2) is 9.84 Å². The van der Waals surface area contributed by atoms with Gasteiger partial charge in [-0.3, -0.25) is 9.78 Å². The van der Waals surface area contributed by atoms with Crippen molar-refractivity contribution in [3.05, 3.63) is 59.4 Å². The predicted molar refractivity (Wildman–Crippen MR) is 105 cm³/mol. The minimum Gasteiger partial charge on any atom is -0.366 e. The summed E-state index contributed by atoms with van der Waals surface area (Å²) in [6.45, 7) is 1.68. The maximum Gasteiger partial charge on any atom is 0.255 e. The summed E-state index contributed by atoms with van der Waals surface area (Å²) in [5.41, 5.74) is 4.09. The van der Waals surface area contributed by atoms with E-state index >= 15 is 0 Å². The lowest BCUT2D eigenvalue weighted by atomic mass is 9.99. The van der Waals surface area contributed by atoms with Crippen LogP contribution in [0.3, 0.4) is 0 Å². The third-order valence-corrected chi connectivity index (χ3v) is 7.29. The number of pyridine rings is 1. The Bertz CT molecular complexity index is 974. The number of carbonyl (C=O) groups excluding carboxylic acids is 1. The first-order valence-electron chi connectivity index (χ1n) is 9.17. The second-order valence-corrected chi connectivity index (χ2v) is 9.57. The van der Waals surface area contributed by atoms with Gasteiger partial charge in [-0.15, -0.1) is 0 Å². The smallest absolute Gasteiger partial charge is 0.255 e. The first-order valence-corrected chi connectivity index (χ1v) is 11.0. The molecule has 7 heteroatoms. The number of carbonyl (C=O) groups is 1. The number of rotatable bonds is 3. The summed E-state index contributed by atoms with van der Waals surface area (Å²) in [6, 6.07) is 10.0. The number of anilines is 1.